The number of fused-ring (bicyclic) bond motifs is 1. The fourth-order valence-corrected chi connectivity index (χ4v) is 2.06. The second kappa shape index (κ2) is 7.90. The van der Waals surface area contributed by atoms with Gasteiger partial charge >= 0.3 is 0 Å². The average molecular weight is 326 g/mol. The molecule has 8 nitrogen and oxygen atoms in total. The van der Waals surface area contributed by atoms with Crippen LogP contribution in [0.5, 0.6) is 0 Å². The number of carbonyl (C=O) groups is 1. The second-order valence-electron chi connectivity index (χ2n) is 5.13. The van der Waals surface area contributed by atoms with Gasteiger partial charge in [0.15, 0.2) is 11.5 Å². The number of likely N-dealkylation sites (N-methyl/N-ethyl adjacent to an activating group) is 1. The number of amides is 1. The van der Waals surface area contributed by atoms with E-state index in [2.05, 4.69) is 30.6 Å². The molecule has 120 valence electrons. The Kier molecular flexibility index (Phi) is 5.91. The minimum absolute atomic E-state index is 0.0519. The van der Waals surface area contributed by atoms with Gasteiger partial charge in [-0.25, -0.2) is 4.98 Å². The van der Waals surface area contributed by atoms with Crippen LogP contribution >= 0.6 is 11.6 Å². The van der Waals surface area contributed by atoms with Gasteiger partial charge in [0, 0.05) is 26.1 Å². The molecule has 0 saturated carbocycles. The van der Waals surface area contributed by atoms with Crippen LogP contribution in [0, 0.1) is 0 Å². The number of H-pyrrole nitrogens is 1. The third kappa shape index (κ3) is 4.81. The molecule has 0 unspecified atom stereocenters. The van der Waals surface area contributed by atoms with E-state index < -0.39 is 0 Å². The molecule has 2 heterocycles. The van der Waals surface area contributed by atoms with Crippen LogP contribution in [-0.4, -0.2) is 64.5 Å². The predicted octanol–water partition coefficient (Wildman–Crippen LogP) is 0.876. The fourth-order valence-electron chi connectivity index (χ4n) is 1.90. The van der Waals surface area contributed by atoms with E-state index in [9.17, 15) is 4.79 Å². The lowest BCUT2D eigenvalue weighted by molar-refractivity contribution is -0.121. The number of hydrogen-bond acceptors (Lipinski definition) is 6. The molecular formula is C13H20ClN7O. The zero-order valence-electron chi connectivity index (χ0n) is 12.7. The number of aromatic nitrogens is 4. The van der Waals surface area contributed by atoms with Gasteiger partial charge in [0.2, 0.25) is 11.2 Å². The fraction of sp³-hybridized carbons (Fsp3) is 0.538. The van der Waals surface area contributed by atoms with Crippen molar-refractivity contribution in [1.29, 1.82) is 0 Å². The molecule has 0 radical (unpaired) electrons. The van der Waals surface area contributed by atoms with Crippen molar-refractivity contribution >= 4 is 34.5 Å². The highest BCUT2D eigenvalue weighted by Crippen LogP contribution is 2.18. The van der Waals surface area contributed by atoms with Crippen molar-refractivity contribution in [3.8, 4) is 0 Å². The summed E-state index contributed by atoms with van der Waals surface area (Å²) in [5.74, 6) is 0.650. The summed E-state index contributed by atoms with van der Waals surface area (Å²) in [6.45, 7) is 2.11. The Morgan fingerprint density at radius 2 is 2.18 bits per heavy atom. The van der Waals surface area contributed by atoms with Crippen molar-refractivity contribution in [3.63, 3.8) is 0 Å². The largest absolute Gasteiger partial charge is 0.368 e. The Morgan fingerprint density at radius 3 is 2.95 bits per heavy atom. The molecule has 0 aliphatic heterocycles. The van der Waals surface area contributed by atoms with Crippen LogP contribution in [0.4, 0.5) is 5.82 Å². The minimum atomic E-state index is 0.0519. The maximum absolute atomic E-state index is 11.6. The molecule has 1 amide bonds. The first-order valence-corrected chi connectivity index (χ1v) is 7.46. The van der Waals surface area contributed by atoms with E-state index in [1.165, 1.54) is 0 Å². The second-order valence-corrected chi connectivity index (χ2v) is 5.46. The highest BCUT2D eigenvalue weighted by atomic mass is 35.5. The third-order valence-corrected chi connectivity index (χ3v) is 3.18. The summed E-state index contributed by atoms with van der Waals surface area (Å²) in [4.78, 5) is 28.8. The molecule has 0 atom stereocenters. The molecule has 0 spiro atoms. The maximum atomic E-state index is 11.6. The van der Waals surface area contributed by atoms with E-state index in [-0.39, 0.29) is 11.2 Å². The minimum Gasteiger partial charge on any atom is -0.368 e. The zero-order chi connectivity index (χ0) is 15.9. The van der Waals surface area contributed by atoms with E-state index in [0.29, 0.717) is 42.9 Å². The number of hydrogen-bond donors (Lipinski definition) is 3. The number of rotatable bonds is 8. The van der Waals surface area contributed by atoms with Crippen LogP contribution in [0.1, 0.15) is 12.8 Å². The Hall–Kier alpha value is -1.93. The van der Waals surface area contributed by atoms with Crippen LogP contribution in [0.2, 0.25) is 5.28 Å². The summed E-state index contributed by atoms with van der Waals surface area (Å²) in [6, 6.07) is 0. The van der Waals surface area contributed by atoms with Crippen molar-refractivity contribution in [2.45, 2.75) is 12.8 Å². The van der Waals surface area contributed by atoms with Gasteiger partial charge in [-0.1, -0.05) is 0 Å². The summed E-state index contributed by atoms with van der Waals surface area (Å²) in [5, 5.41) is 6.17. The van der Waals surface area contributed by atoms with Crippen LogP contribution in [0.3, 0.4) is 0 Å². The van der Waals surface area contributed by atoms with Crippen LogP contribution in [0.25, 0.3) is 11.2 Å². The number of aromatic amines is 1. The van der Waals surface area contributed by atoms with Crippen molar-refractivity contribution in [1.82, 2.24) is 30.2 Å². The van der Waals surface area contributed by atoms with Gasteiger partial charge in [-0.3, -0.25) is 4.79 Å². The Labute approximate surface area is 133 Å². The SMILES string of the molecule is CN(C)CCNC(=O)CCCNc1nc(Cl)nc2nc[nH]c12. The number of anilines is 1. The lowest BCUT2D eigenvalue weighted by Crippen LogP contribution is -2.31. The van der Waals surface area contributed by atoms with Crippen molar-refractivity contribution in [2.75, 3.05) is 39.0 Å². The number of imidazole rings is 1. The smallest absolute Gasteiger partial charge is 0.226 e. The Morgan fingerprint density at radius 1 is 1.36 bits per heavy atom. The zero-order valence-corrected chi connectivity index (χ0v) is 13.4. The molecule has 3 N–H and O–H groups in total. The van der Waals surface area contributed by atoms with Crippen molar-refractivity contribution in [2.24, 2.45) is 0 Å². The summed E-state index contributed by atoms with van der Waals surface area (Å²) < 4.78 is 0. The molecule has 9 heteroatoms. The maximum Gasteiger partial charge on any atom is 0.226 e. The van der Waals surface area contributed by atoms with Gasteiger partial charge < -0.3 is 20.5 Å². The monoisotopic (exact) mass is 325 g/mol. The molecule has 0 aromatic carbocycles. The van der Waals surface area contributed by atoms with E-state index in [0.717, 1.165) is 6.54 Å². The molecule has 0 aliphatic rings. The summed E-state index contributed by atoms with van der Waals surface area (Å²) in [5.41, 5.74) is 1.23. The summed E-state index contributed by atoms with van der Waals surface area (Å²) in [6.07, 6.45) is 2.70. The van der Waals surface area contributed by atoms with Crippen molar-refractivity contribution in [3.05, 3.63) is 11.6 Å². The van der Waals surface area contributed by atoms with Gasteiger partial charge in [0.25, 0.3) is 0 Å². The molecule has 2 aromatic rings. The predicted molar refractivity (Wildman–Crippen MR) is 86.0 cm³/mol. The van der Waals surface area contributed by atoms with Gasteiger partial charge in [0.05, 0.1) is 6.33 Å². The Balaban J connectivity index is 1.74. The topological polar surface area (TPSA) is 98.8 Å². The molecule has 0 aliphatic carbocycles. The standard InChI is InChI=1S/C13H20ClN7O/c1-21(2)7-6-15-9(22)4-3-5-16-11-10-12(18-8-17-10)20-13(14)19-11/h8H,3-7H2,1-2H3,(H,15,22)(H2,16,17,18,19,20). The van der Waals surface area contributed by atoms with E-state index in [1.54, 1.807) is 6.33 Å². The number of carbonyl (C=O) groups excluding carboxylic acids is 1. The first kappa shape index (κ1) is 16.4. The number of nitrogens with zero attached hydrogens (tertiary/aromatic N) is 4. The Bertz CT molecular complexity index is 628. The van der Waals surface area contributed by atoms with Gasteiger partial charge in [0.1, 0.15) is 5.52 Å². The van der Waals surface area contributed by atoms with E-state index >= 15 is 0 Å². The normalized spacial score (nSPS) is 11.1. The van der Waals surface area contributed by atoms with E-state index in [1.807, 2.05) is 19.0 Å². The molecule has 2 aromatic heterocycles. The average Bonchev–Trinajstić information content (AvgIpc) is 2.91. The quantitative estimate of drug-likeness (QED) is 0.492. The summed E-state index contributed by atoms with van der Waals surface area (Å²) in [7, 11) is 3.94. The first-order valence-electron chi connectivity index (χ1n) is 7.08. The molecule has 2 rings (SSSR count). The lowest BCUT2D eigenvalue weighted by Gasteiger charge is -2.10. The molecular weight excluding hydrogens is 306 g/mol. The first-order chi connectivity index (χ1) is 10.6. The highest BCUT2D eigenvalue weighted by molar-refractivity contribution is 6.28. The highest BCUT2D eigenvalue weighted by Gasteiger charge is 2.08. The van der Waals surface area contributed by atoms with Crippen molar-refractivity contribution < 1.29 is 4.79 Å². The third-order valence-electron chi connectivity index (χ3n) is 3.01. The van der Waals surface area contributed by atoms with Gasteiger partial charge in [-0.15, -0.1) is 0 Å². The van der Waals surface area contributed by atoms with Crippen LogP contribution < -0.4 is 10.6 Å². The van der Waals surface area contributed by atoms with Gasteiger partial charge in [-0.05, 0) is 32.1 Å². The molecule has 22 heavy (non-hydrogen) atoms. The lowest BCUT2D eigenvalue weighted by atomic mass is 10.3. The number of nitrogens with one attached hydrogen (secondary N) is 3. The number of halogens is 1. The molecule has 0 saturated heterocycles. The van der Waals surface area contributed by atoms with E-state index in [4.69, 9.17) is 11.6 Å². The van der Waals surface area contributed by atoms with Gasteiger partial charge in [-0.2, -0.15) is 9.97 Å². The summed E-state index contributed by atoms with van der Waals surface area (Å²) >= 11 is 5.84. The van der Waals surface area contributed by atoms with Crippen LogP contribution in [0.15, 0.2) is 6.33 Å². The molecule has 0 bridgehead atoms. The molecule has 0 fully saturated rings. The van der Waals surface area contributed by atoms with Crippen LogP contribution in [-0.2, 0) is 4.79 Å².